The number of methoxy groups -OCH3 is 1. The Bertz CT molecular complexity index is 750. The third kappa shape index (κ3) is 1.99. The third-order valence-electron chi connectivity index (χ3n) is 2.91. The largest absolute Gasteiger partial charge is 0.508 e. The van der Waals surface area contributed by atoms with Crippen molar-refractivity contribution in [2.24, 2.45) is 0 Å². The van der Waals surface area contributed by atoms with Crippen LogP contribution in [0, 0.1) is 6.92 Å². The number of aromatic hydroxyl groups is 1. The number of hydrogen-bond donors (Lipinski definition) is 2. The first-order valence-corrected chi connectivity index (χ1v) is 5.87. The van der Waals surface area contributed by atoms with Gasteiger partial charge in [-0.1, -0.05) is 0 Å². The number of nitrogens with zero attached hydrogens (tertiary/aromatic N) is 2. The Hall–Kier alpha value is -2.56. The van der Waals surface area contributed by atoms with Gasteiger partial charge in [-0.15, -0.1) is 0 Å². The summed E-state index contributed by atoms with van der Waals surface area (Å²) in [7, 11) is 1.56. The van der Waals surface area contributed by atoms with Crippen molar-refractivity contribution in [1.29, 1.82) is 0 Å². The van der Waals surface area contributed by atoms with Crippen LogP contribution in [0.1, 0.15) is 5.56 Å². The maximum Gasteiger partial charge on any atom is 0.178 e. The number of H-pyrrole nitrogens is 1. The second kappa shape index (κ2) is 4.28. The van der Waals surface area contributed by atoms with Crippen molar-refractivity contribution in [1.82, 2.24) is 15.0 Å². The number of imidazole rings is 1. The van der Waals surface area contributed by atoms with Crippen LogP contribution in [-0.2, 0) is 0 Å². The summed E-state index contributed by atoms with van der Waals surface area (Å²) in [6.45, 7) is 1.98. The van der Waals surface area contributed by atoms with Crippen molar-refractivity contribution in [2.75, 3.05) is 7.11 Å². The molecule has 5 nitrogen and oxygen atoms in total. The number of pyridine rings is 1. The lowest BCUT2D eigenvalue weighted by molar-refractivity contribution is 0.409. The summed E-state index contributed by atoms with van der Waals surface area (Å²) in [6.07, 6.45) is 1.78. The number of ether oxygens (including phenoxy) is 1. The zero-order valence-electron chi connectivity index (χ0n) is 10.6. The average molecular weight is 255 g/mol. The van der Waals surface area contributed by atoms with Crippen LogP contribution in [0.3, 0.4) is 0 Å². The number of rotatable bonds is 2. The highest BCUT2D eigenvalue weighted by Gasteiger charge is 2.11. The number of phenolic OH excluding ortho intramolecular Hbond substituents is 1. The molecule has 0 saturated heterocycles. The molecule has 2 N–H and O–H groups in total. The van der Waals surface area contributed by atoms with Gasteiger partial charge >= 0.3 is 0 Å². The molecule has 0 aliphatic rings. The Morgan fingerprint density at radius 1 is 1.26 bits per heavy atom. The molecule has 3 aromatic rings. The number of benzene rings is 1. The fraction of sp³-hybridized carbons (Fsp3) is 0.143. The van der Waals surface area contributed by atoms with Crippen LogP contribution in [0.25, 0.3) is 22.6 Å². The first-order valence-electron chi connectivity index (χ1n) is 5.87. The monoisotopic (exact) mass is 255 g/mol. The molecule has 1 aromatic carbocycles. The number of aryl methyl sites for hydroxylation is 1. The molecular formula is C14H13N3O2. The zero-order valence-corrected chi connectivity index (χ0v) is 10.6. The highest BCUT2D eigenvalue weighted by Crippen LogP contribution is 2.32. The third-order valence-corrected chi connectivity index (χ3v) is 2.91. The topological polar surface area (TPSA) is 71.0 Å². The maximum atomic E-state index is 9.47. The molecule has 0 saturated carbocycles. The molecule has 0 aliphatic carbocycles. The van der Waals surface area contributed by atoms with E-state index in [9.17, 15) is 5.11 Å². The van der Waals surface area contributed by atoms with Gasteiger partial charge in [0.25, 0.3) is 0 Å². The summed E-state index contributed by atoms with van der Waals surface area (Å²) in [5.41, 5.74) is 3.40. The smallest absolute Gasteiger partial charge is 0.178 e. The van der Waals surface area contributed by atoms with Gasteiger partial charge in [-0.2, -0.15) is 0 Å². The summed E-state index contributed by atoms with van der Waals surface area (Å²) in [5.74, 6) is 1.39. The van der Waals surface area contributed by atoms with Gasteiger partial charge in [-0.05, 0) is 30.7 Å². The molecule has 0 amide bonds. The standard InChI is InChI=1S/C14H13N3O2/c1-8-5-11-14(15-7-8)17-13(16-11)10-4-3-9(18)6-12(10)19-2/h3-7,18H,1-2H3,(H,15,16,17). The highest BCUT2D eigenvalue weighted by atomic mass is 16.5. The van der Waals surface area contributed by atoms with Gasteiger partial charge in [0.2, 0.25) is 0 Å². The Balaban J connectivity index is 2.18. The molecule has 0 aliphatic heterocycles. The van der Waals surface area contributed by atoms with E-state index in [-0.39, 0.29) is 5.75 Å². The van der Waals surface area contributed by atoms with E-state index in [1.807, 2.05) is 13.0 Å². The van der Waals surface area contributed by atoms with Crippen LogP contribution in [0.15, 0.2) is 30.5 Å². The number of aromatic nitrogens is 3. The molecule has 0 spiro atoms. The minimum absolute atomic E-state index is 0.158. The van der Waals surface area contributed by atoms with Crippen molar-refractivity contribution >= 4 is 11.2 Å². The predicted octanol–water partition coefficient (Wildman–Crippen LogP) is 2.65. The van der Waals surface area contributed by atoms with E-state index in [2.05, 4.69) is 15.0 Å². The Labute approximate surface area is 109 Å². The first kappa shape index (κ1) is 11.5. The van der Waals surface area contributed by atoms with Crippen LogP contribution >= 0.6 is 0 Å². The summed E-state index contributed by atoms with van der Waals surface area (Å²) in [4.78, 5) is 11.9. The fourth-order valence-electron chi connectivity index (χ4n) is 2.01. The predicted molar refractivity (Wildman–Crippen MR) is 72.3 cm³/mol. The molecule has 3 rings (SSSR count). The van der Waals surface area contributed by atoms with Gasteiger partial charge in [0, 0.05) is 12.3 Å². The quantitative estimate of drug-likeness (QED) is 0.738. The molecule has 19 heavy (non-hydrogen) atoms. The van der Waals surface area contributed by atoms with Crippen LogP contribution in [0.4, 0.5) is 0 Å². The van der Waals surface area contributed by atoms with E-state index < -0.39 is 0 Å². The van der Waals surface area contributed by atoms with Crippen molar-refractivity contribution in [3.05, 3.63) is 36.0 Å². The molecule has 0 bridgehead atoms. The Morgan fingerprint density at radius 2 is 2.11 bits per heavy atom. The van der Waals surface area contributed by atoms with Crippen LogP contribution < -0.4 is 4.74 Å². The number of fused-ring (bicyclic) bond motifs is 1. The van der Waals surface area contributed by atoms with Gasteiger partial charge < -0.3 is 14.8 Å². The zero-order chi connectivity index (χ0) is 13.4. The summed E-state index contributed by atoms with van der Waals surface area (Å²) < 4.78 is 5.26. The van der Waals surface area contributed by atoms with Crippen LogP contribution in [0.5, 0.6) is 11.5 Å². The number of nitrogens with one attached hydrogen (secondary N) is 1. The molecule has 0 fully saturated rings. The van der Waals surface area contributed by atoms with Gasteiger partial charge in [-0.25, -0.2) is 9.97 Å². The second-order valence-corrected chi connectivity index (χ2v) is 4.35. The minimum Gasteiger partial charge on any atom is -0.508 e. The molecule has 0 unspecified atom stereocenters. The lowest BCUT2D eigenvalue weighted by Gasteiger charge is -2.05. The molecule has 0 atom stereocenters. The van der Waals surface area contributed by atoms with Gasteiger partial charge in [-0.3, -0.25) is 0 Å². The molecule has 2 aromatic heterocycles. The van der Waals surface area contributed by atoms with Crippen molar-refractivity contribution in [3.8, 4) is 22.9 Å². The summed E-state index contributed by atoms with van der Waals surface area (Å²) >= 11 is 0. The van der Waals surface area contributed by atoms with Crippen molar-refractivity contribution in [3.63, 3.8) is 0 Å². The van der Waals surface area contributed by atoms with E-state index in [1.54, 1.807) is 31.5 Å². The average Bonchev–Trinajstić information content (AvgIpc) is 2.81. The number of aromatic amines is 1. The van der Waals surface area contributed by atoms with Crippen LogP contribution in [0.2, 0.25) is 0 Å². The van der Waals surface area contributed by atoms with E-state index in [0.717, 1.165) is 16.6 Å². The first-order chi connectivity index (χ1) is 9.17. The van der Waals surface area contributed by atoms with Crippen molar-refractivity contribution < 1.29 is 9.84 Å². The summed E-state index contributed by atoms with van der Waals surface area (Å²) in [6, 6.07) is 6.91. The maximum absolute atomic E-state index is 9.47. The molecular weight excluding hydrogens is 242 g/mol. The molecule has 5 heteroatoms. The Morgan fingerprint density at radius 3 is 2.89 bits per heavy atom. The Kier molecular flexibility index (Phi) is 2.59. The van der Waals surface area contributed by atoms with Crippen molar-refractivity contribution in [2.45, 2.75) is 6.92 Å². The normalized spacial score (nSPS) is 10.8. The van der Waals surface area contributed by atoms with Gasteiger partial charge in [0.05, 0.1) is 18.2 Å². The highest BCUT2D eigenvalue weighted by molar-refractivity contribution is 5.78. The minimum atomic E-state index is 0.158. The van der Waals surface area contributed by atoms with E-state index >= 15 is 0 Å². The number of hydrogen-bond acceptors (Lipinski definition) is 4. The lowest BCUT2D eigenvalue weighted by atomic mass is 10.2. The second-order valence-electron chi connectivity index (χ2n) is 4.35. The fourth-order valence-corrected chi connectivity index (χ4v) is 2.01. The van der Waals surface area contributed by atoms with E-state index in [4.69, 9.17) is 4.74 Å². The lowest BCUT2D eigenvalue weighted by Crippen LogP contribution is -1.89. The molecule has 0 radical (unpaired) electrons. The van der Waals surface area contributed by atoms with Gasteiger partial charge in [0.1, 0.15) is 17.3 Å². The molecule has 2 heterocycles. The van der Waals surface area contributed by atoms with E-state index in [1.165, 1.54) is 0 Å². The van der Waals surface area contributed by atoms with E-state index in [0.29, 0.717) is 17.2 Å². The number of phenols is 1. The SMILES string of the molecule is COc1cc(O)ccc1-c1nc2ncc(C)cc2[nH]1. The summed E-state index contributed by atoms with van der Waals surface area (Å²) in [5, 5.41) is 9.47. The van der Waals surface area contributed by atoms with Crippen LogP contribution in [-0.4, -0.2) is 27.2 Å². The molecule has 96 valence electrons. The van der Waals surface area contributed by atoms with Gasteiger partial charge in [0.15, 0.2) is 5.65 Å².